The third-order valence-corrected chi connectivity index (χ3v) is 6.88. The number of hydrogen-bond acceptors (Lipinski definition) is 9. The van der Waals surface area contributed by atoms with Gasteiger partial charge in [0.15, 0.2) is 5.65 Å². The van der Waals surface area contributed by atoms with Crippen LogP contribution < -0.4 is 20.7 Å². The van der Waals surface area contributed by atoms with Gasteiger partial charge in [-0.2, -0.15) is 5.26 Å². The molecule has 4 rings (SSSR count). The van der Waals surface area contributed by atoms with Gasteiger partial charge in [0.25, 0.3) is 0 Å². The predicted molar refractivity (Wildman–Crippen MR) is 154 cm³/mol. The summed E-state index contributed by atoms with van der Waals surface area (Å²) in [5, 5.41) is 12.5. The number of nitriles is 1. The van der Waals surface area contributed by atoms with E-state index in [2.05, 4.69) is 22.2 Å². The van der Waals surface area contributed by atoms with Gasteiger partial charge in [0.2, 0.25) is 5.91 Å². The highest BCUT2D eigenvalue weighted by Crippen LogP contribution is 2.30. The quantitative estimate of drug-likeness (QED) is 0.350. The van der Waals surface area contributed by atoms with Crippen molar-refractivity contribution < 1.29 is 19.1 Å². The minimum absolute atomic E-state index is 0. The molecule has 12 nitrogen and oxygen atoms in total. The van der Waals surface area contributed by atoms with Gasteiger partial charge in [0, 0.05) is 38.6 Å². The first kappa shape index (κ1) is 30.6. The van der Waals surface area contributed by atoms with Crippen molar-refractivity contribution in [2.24, 2.45) is 11.7 Å². The Morgan fingerprint density at radius 1 is 1.20 bits per heavy atom. The minimum Gasteiger partial charge on any atom is -0.491 e. The molecule has 0 spiro atoms. The second kappa shape index (κ2) is 14.5. The van der Waals surface area contributed by atoms with Crippen molar-refractivity contribution >= 4 is 46.9 Å². The van der Waals surface area contributed by atoms with Gasteiger partial charge >= 0.3 is 6.03 Å². The molecule has 1 saturated heterocycles. The van der Waals surface area contributed by atoms with Crippen LogP contribution in [0.1, 0.15) is 19.8 Å². The summed E-state index contributed by atoms with van der Waals surface area (Å²) in [5.41, 5.74) is 6.48. The van der Waals surface area contributed by atoms with E-state index in [9.17, 15) is 9.59 Å². The molecule has 3 aromatic rings. The fourth-order valence-electron chi connectivity index (χ4n) is 4.72. The molecule has 0 radical (unpaired) electrons. The summed E-state index contributed by atoms with van der Waals surface area (Å²) in [5.74, 6) is 1.49. The summed E-state index contributed by atoms with van der Waals surface area (Å²) in [6, 6.07) is 10.5. The Kier molecular flexibility index (Phi) is 11.1. The first-order valence-electron chi connectivity index (χ1n) is 12.9. The summed E-state index contributed by atoms with van der Waals surface area (Å²) in [7, 11) is 1.94. The maximum atomic E-state index is 13.1. The van der Waals surface area contributed by atoms with Gasteiger partial charge in [-0.15, -0.1) is 12.4 Å². The van der Waals surface area contributed by atoms with E-state index in [1.54, 1.807) is 35.4 Å². The number of benzene rings is 1. The first-order valence-corrected chi connectivity index (χ1v) is 12.9. The molecular weight excluding hydrogens is 536 g/mol. The molecule has 2 aromatic heterocycles. The van der Waals surface area contributed by atoms with Gasteiger partial charge in [-0.3, -0.25) is 9.36 Å². The molecule has 13 heteroatoms. The van der Waals surface area contributed by atoms with Crippen LogP contribution in [-0.2, 0) is 9.53 Å². The number of aromatic nitrogens is 3. The Balaban J connectivity index is 0.00000441. The molecule has 3 heterocycles. The second-order valence-electron chi connectivity index (χ2n) is 9.44. The molecule has 1 aliphatic rings. The number of hydrogen-bond donors (Lipinski definition) is 2. The van der Waals surface area contributed by atoms with E-state index in [1.807, 2.05) is 24.1 Å². The zero-order valence-corrected chi connectivity index (χ0v) is 23.5. The molecular formula is C27H35ClN8O4. The number of fused-ring (bicyclic) bond motifs is 1. The lowest BCUT2D eigenvalue weighted by molar-refractivity contribution is -0.131. The zero-order valence-electron chi connectivity index (χ0n) is 22.7. The van der Waals surface area contributed by atoms with Gasteiger partial charge < -0.3 is 30.3 Å². The SMILES string of the molecule is C[C@@H]1CCN(C(=O)CC#N)C[C@@H]1N(C)c1ncnc2c1ccn2C(=O)Nc1ccc(OCCOCCN)cc1.Cl. The minimum atomic E-state index is -0.361. The standard InChI is InChI=1S/C27H34N8O4.ClH/c1-19-8-12-34(24(36)7-10-28)17-23(19)33(2)25-22-9-13-35(26(22)31-18-30-25)27(37)32-20-3-5-21(6-4-20)39-16-15-38-14-11-29;/h3-6,9,13,18-19,23H,7-8,11-12,14-17,29H2,1-2H3,(H,32,37);1H/t19-,23+;/m1./s1. The molecule has 1 fully saturated rings. The number of piperidine rings is 1. The highest BCUT2D eigenvalue weighted by Gasteiger charge is 2.32. The summed E-state index contributed by atoms with van der Waals surface area (Å²) in [4.78, 5) is 38.1. The fourth-order valence-corrected chi connectivity index (χ4v) is 4.72. The van der Waals surface area contributed by atoms with Gasteiger partial charge in [-0.05, 0) is 42.7 Å². The average molecular weight is 571 g/mol. The van der Waals surface area contributed by atoms with Crippen LogP contribution in [-0.4, -0.2) is 83.9 Å². The van der Waals surface area contributed by atoms with E-state index in [4.69, 9.17) is 20.5 Å². The van der Waals surface area contributed by atoms with Crippen LogP contribution in [0.4, 0.5) is 16.3 Å². The van der Waals surface area contributed by atoms with Gasteiger partial charge in [-0.1, -0.05) is 6.92 Å². The summed E-state index contributed by atoms with van der Waals surface area (Å²) < 4.78 is 12.4. The van der Waals surface area contributed by atoms with E-state index in [0.29, 0.717) is 68.3 Å². The number of nitrogens with one attached hydrogen (secondary N) is 1. The number of nitrogens with zero attached hydrogens (tertiary/aromatic N) is 6. The van der Waals surface area contributed by atoms with Crippen LogP contribution in [0.5, 0.6) is 5.75 Å². The van der Waals surface area contributed by atoms with Crippen LogP contribution in [0.25, 0.3) is 11.0 Å². The third-order valence-electron chi connectivity index (χ3n) is 6.88. The molecule has 2 amide bonds. The molecule has 1 aromatic carbocycles. The van der Waals surface area contributed by atoms with Gasteiger partial charge in [0.1, 0.15) is 30.9 Å². The van der Waals surface area contributed by atoms with Crippen molar-refractivity contribution in [1.29, 1.82) is 5.26 Å². The number of likely N-dealkylation sites (N-methyl/N-ethyl adjacent to an activating group) is 1. The molecule has 3 N–H and O–H groups in total. The number of anilines is 2. The van der Waals surface area contributed by atoms with Crippen LogP contribution in [0.2, 0.25) is 0 Å². The van der Waals surface area contributed by atoms with Crippen LogP contribution in [0.15, 0.2) is 42.9 Å². The topological polar surface area (TPSA) is 152 Å². The molecule has 0 bridgehead atoms. The molecule has 0 unspecified atom stereocenters. The summed E-state index contributed by atoms with van der Waals surface area (Å²) in [6.45, 7) is 5.12. The Hall–Kier alpha value is -3.92. The maximum absolute atomic E-state index is 13.1. The Labute approximate surface area is 239 Å². The Morgan fingerprint density at radius 3 is 2.70 bits per heavy atom. The largest absolute Gasteiger partial charge is 0.491 e. The lowest BCUT2D eigenvalue weighted by Crippen LogP contribution is -2.52. The highest BCUT2D eigenvalue weighted by atomic mass is 35.5. The number of likely N-dealkylation sites (tertiary alicyclic amines) is 1. The smallest absolute Gasteiger partial charge is 0.331 e. The van der Waals surface area contributed by atoms with Crippen molar-refractivity contribution in [1.82, 2.24) is 19.4 Å². The summed E-state index contributed by atoms with van der Waals surface area (Å²) in [6.07, 6.45) is 3.81. The van der Waals surface area contributed by atoms with E-state index in [-0.39, 0.29) is 36.8 Å². The van der Waals surface area contributed by atoms with Crippen molar-refractivity contribution in [3.05, 3.63) is 42.9 Å². The van der Waals surface area contributed by atoms with Crippen molar-refractivity contribution in [2.75, 3.05) is 56.7 Å². The Bertz CT molecular complexity index is 1330. The molecule has 40 heavy (non-hydrogen) atoms. The highest BCUT2D eigenvalue weighted by molar-refractivity contribution is 5.99. The second-order valence-corrected chi connectivity index (χ2v) is 9.44. The third kappa shape index (κ3) is 7.18. The predicted octanol–water partition coefficient (Wildman–Crippen LogP) is 2.87. The van der Waals surface area contributed by atoms with Crippen LogP contribution in [0, 0.1) is 17.2 Å². The molecule has 0 saturated carbocycles. The van der Waals surface area contributed by atoms with Gasteiger partial charge in [0.05, 0.1) is 30.7 Å². The number of nitrogens with two attached hydrogens (primary N) is 1. The van der Waals surface area contributed by atoms with Gasteiger partial charge in [-0.25, -0.2) is 14.8 Å². The number of ether oxygens (including phenoxy) is 2. The molecule has 0 aliphatic carbocycles. The lowest BCUT2D eigenvalue weighted by atomic mass is 9.92. The van der Waals surface area contributed by atoms with Crippen molar-refractivity contribution in [3.63, 3.8) is 0 Å². The number of halogens is 1. The molecule has 214 valence electrons. The zero-order chi connectivity index (χ0) is 27.8. The fraction of sp³-hybridized carbons (Fsp3) is 0.444. The van der Waals surface area contributed by atoms with E-state index in [1.165, 1.54) is 10.9 Å². The van der Waals surface area contributed by atoms with E-state index >= 15 is 0 Å². The van der Waals surface area contributed by atoms with Crippen LogP contribution >= 0.6 is 12.4 Å². The van der Waals surface area contributed by atoms with E-state index in [0.717, 1.165) is 11.8 Å². The monoisotopic (exact) mass is 570 g/mol. The molecule has 2 atom stereocenters. The number of rotatable bonds is 10. The number of carbonyl (C=O) groups excluding carboxylic acids is 2. The number of amides is 2. The lowest BCUT2D eigenvalue weighted by Gasteiger charge is -2.42. The van der Waals surface area contributed by atoms with Crippen LogP contribution in [0.3, 0.4) is 0 Å². The number of carbonyl (C=O) groups is 2. The van der Waals surface area contributed by atoms with Crippen molar-refractivity contribution in [2.45, 2.75) is 25.8 Å². The summed E-state index contributed by atoms with van der Waals surface area (Å²) >= 11 is 0. The van der Waals surface area contributed by atoms with E-state index < -0.39 is 0 Å². The van der Waals surface area contributed by atoms with Crippen molar-refractivity contribution in [3.8, 4) is 11.8 Å². The maximum Gasteiger partial charge on any atom is 0.331 e. The first-order chi connectivity index (χ1) is 18.9. The average Bonchev–Trinajstić information content (AvgIpc) is 3.38. The normalized spacial score (nSPS) is 16.6. The Morgan fingerprint density at radius 2 is 1.98 bits per heavy atom. The molecule has 1 aliphatic heterocycles.